The predicted molar refractivity (Wildman–Crippen MR) is 79.9 cm³/mol. The van der Waals surface area contributed by atoms with E-state index in [1.807, 2.05) is 25.1 Å². The second-order valence-corrected chi connectivity index (χ2v) is 5.22. The molecule has 0 saturated heterocycles. The average Bonchev–Trinajstić information content (AvgIpc) is 2.34. The summed E-state index contributed by atoms with van der Waals surface area (Å²) >= 11 is 0. The van der Waals surface area contributed by atoms with Gasteiger partial charge in [-0.1, -0.05) is 13.8 Å². The molecule has 3 N–H and O–H groups in total. The van der Waals surface area contributed by atoms with Crippen LogP contribution in [0.4, 0.5) is 11.8 Å². The molecule has 1 rings (SSSR count). The van der Waals surface area contributed by atoms with Gasteiger partial charge in [0, 0.05) is 39.8 Å². The zero-order chi connectivity index (χ0) is 14.4. The van der Waals surface area contributed by atoms with Crippen molar-refractivity contribution < 1.29 is 0 Å². The van der Waals surface area contributed by atoms with Crippen molar-refractivity contribution in [3.63, 3.8) is 0 Å². The molecule has 1 heterocycles. The highest BCUT2D eigenvalue weighted by atomic mass is 15.3. The monoisotopic (exact) mass is 264 g/mol. The highest BCUT2D eigenvalue weighted by Gasteiger charge is 2.12. The Morgan fingerprint density at radius 2 is 2.11 bits per heavy atom. The van der Waals surface area contributed by atoms with E-state index in [2.05, 4.69) is 28.7 Å². The van der Waals surface area contributed by atoms with Crippen molar-refractivity contribution in [2.24, 2.45) is 11.7 Å². The minimum atomic E-state index is 0.204. The highest BCUT2D eigenvalue weighted by molar-refractivity contribution is 5.77. The molecule has 0 radical (unpaired) electrons. The number of hydrogen-bond acceptors (Lipinski definition) is 5. The van der Waals surface area contributed by atoms with Crippen molar-refractivity contribution in [2.75, 3.05) is 37.0 Å². The topological polar surface area (TPSA) is 82.1 Å². The number of rotatable bonds is 7. The van der Waals surface area contributed by atoms with Gasteiger partial charge in [-0.3, -0.25) is 5.41 Å². The van der Waals surface area contributed by atoms with Crippen LogP contribution in [0.2, 0.25) is 0 Å². The second-order valence-electron chi connectivity index (χ2n) is 5.22. The first-order valence-electron chi connectivity index (χ1n) is 6.48. The van der Waals surface area contributed by atoms with Gasteiger partial charge < -0.3 is 15.5 Å². The number of nitrogens with two attached hydrogens (primary N) is 1. The second kappa shape index (κ2) is 6.92. The summed E-state index contributed by atoms with van der Waals surface area (Å²) < 4.78 is 0. The Labute approximate surface area is 115 Å². The van der Waals surface area contributed by atoms with Gasteiger partial charge >= 0.3 is 0 Å². The maximum absolute atomic E-state index is 7.35. The first kappa shape index (κ1) is 15.2. The molecule has 6 heteroatoms. The molecule has 0 spiro atoms. The maximum Gasteiger partial charge on any atom is 0.226 e. The molecule has 19 heavy (non-hydrogen) atoms. The number of amidine groups is 1. The third kappa shape index (κ3) is 5.11. The van der Waals surface area contributed by atoms with Crippen LogP contribution in [0.5, 0.6) is 0 Å². The molecule has 1 aromatic heterocycles. The Morgan fingerprint density at radius 1 is 1.42 bits per heavy atom. The zero-order valence-corrected chi connectivity index (χ0v) is 12.2. The Hall–Kier alpha value is -1.85. The Morgan fingerprint density at radius 3 is 2.63 bits per heavy atom. The summed E-state index contributed by atoms with van der Waals surface area (Å²) in [5.41, 5.74) is 5.44. The molecule has 0 aliphatic carbocycles. The molecule has 0 saturated carbocycles. The highest BCUT2D eigenvalue weighted by Crippen LogP contribution is 2.15. The molecule has 0 aliphatic rings. The van der Waals surface area contributed by atoms with Gasteiger partial charge in [0.1, 0.15) is 5.82 Å². The van der Waals surface area contributed by atoms with Crippen LogP contribution in [0.25, 0.3) is 0 Å². The fourth-order valence-corrected chi connectivity index (χ4v) is 1.73. The Bertz CT molecular complexity index is 415. The fraction of sp³-hybridized carbons (Fsp3) is 0.615. The molecule has 106 valence electrons. The van der Waals surface area contributed by atoms with E-state index in [-0.39, 0.29) is 5.84 Å². The summed E-state index contributed by atoms with van der Waals surface area (Å²) in [6.45, 7) is 5.91. The van der Waals surface area contributed by atoms with Gasteiger partial charge in [0.05, 0.1) is 5.84 Å². The Kier molecular flexibility index (Phi) is 5.54. The molecule has 0 aromatic carbocycles. The molecular weight excluding hydrogens is 240 g/mol. The van der Waals surface area contributed by atoms with E-state index in [1.165, 1.54) is 0 Å². The van der Waals surface area contributed by atoms with Crippen LogP contribution >= 0.6 is 0 Å². The lowest BCUT2D eigenvalue weighted by molar-refractivity contribution is 0.608. The molecule has 1 aromatic rings. The minimum absolute atomic E-state index is 0.204. The van der Waals surface area contributed by atoms with Crippen molar-refractivity contribution in [3.05, 3.63) is 12.3 Å². The van der Waals surface area contributed by atoms with Gasteiger partial charge in [-0.15, -0.1) is 0 Å². The lowest BCUT2D eigenvalue weighted by Crippen LogP contribution is -2.32. The quantitative estimate of drug-likeness (QED) is 0.573. The van der Waals surface area contributed by atoms with Crippen molar-refractivity contribution >= 4 is 17.6 Å². The summed E-state index contributed by atoms with van der Waals surface area (Å²) in [6, 6.07) is 1.90. The molecule has 0 atom stereocenters. The van der Waals surface area contributed by atoms with Crippen molar-refractivity contribution in [1.82, 2.24) is 9.97 Å². The number of anilines is 2. The van der Waals surface area contributed by atoms with Gasteiger partial charge in [0.2, 0.25) is 5.95 Å². The smallest absolute Gasteiger partial charge is 0.226 e. The van der Waals surface area contributed by atoms with E-state index < -0.39 is 0 Å². The lowest BCUT2D eigenvalue weighted by atomic mass is 10.2. The van der Waals surface area contributed by atoms with Gasteiger partial charge in [0.15, 0.2) is 0 Å². The average molecular weight is 264 g/mol. The van der Waals surface area contributed by atoms with E-state index in [4.69, 9.17) is 11.1 Å². The molecule has 0 amide bonds. The number of hydrogen-bond donors (Lipinski definition) is 2. The van der Waals surface area contributed by atoms with E-state index in [1.54, 1.807) is 6.20 Å². The van der Waals surface area contributed by atoms with Gasteiger partial charge in [0.25, 0.3) is 0 Å². The molecule has 0 fully saturated rings. The van der Waals surface area contributed by atoms with Crippen molar-refractivity contribution in [1.29, 1.82) is 5.41 Å². The molecule has 0 aliphatic heterocycles. The number of aromatic nitrogens is 2. The van der Waals surface area contributed by atoms with Crippen LogP contribution in [0.3, 0.4) is 0 Å². The first-order chi connectivity index (χ1) is 8.90. The van der Waals surface area contributed by atoms with Crippen LogP contribution in [-0.2, 0) is 0 Å². The fourth-order valence-electron chi connectivity index (χ4n) is 1.73. The number of nitrogens with one attached hydrogen (secondary N) is 1. The maximum atomic E-state index is 7.35. The third-order valence-electron chi connectivity index (χ3n) is 2.59. The standard InChI is InChI=1S/C13H24N6/c1-10(2)9-19(8-6-11(14)15)12-5-7-16-13(17-12)18(3)4/h5,7,10H,6,8-9H2,1-4H3,(H3,14,15). The predicted octanol–water partition coefficient (Wildman–Crippen LogP) is 1.33. The molecule has 0 unspecified atom stereocenters. The normalized spacial score (nSPS) is 10.6. The molecule has 6 nitrogen and oxygen atoms in total. The summed E-state index contributed by atoms with van der Waals surface area (Å²) in [4.78, 5) is 12.8. The van der Waals surface area contributed by atoms with Crippen LogP contribution in [0.1, 0.15) is 20.3 Å². The summed E-state index contributed by atoms with van der Waals surface area (Å²) in [5.74, 6) is 2.29. The molecule has 0 bridgehead atoms. The SMILES string of the molecule is CC(C)CN(CCC(=N)N)c1ccnc(N(C)C)n1. The molecular formula is C13H24N6. The zero-order valence-electron chi connectivity index (χ0n) is 12.2. The van der Waals surface area contributed by atoms with Crippen LogP contribution in [0, 0.1) is 11.3 Å². The van der Waals surface area contributed by atoms with Crippen LogP contribution < -0.4 is 15.5 Å². The first-order valence-corrected chi connectivity index (χ1v) is 6.48. The third-order valence-corrected chi connectivity index (χ3v) is 2.59. The van der Waals surface area contributed by atoms with E-state index >= 15 is 0 Å². The van der Waals surface area contributed by atoms with Gasteiger partial charge in [-0.25, -0.2) is 4.98 Å². The minimum Gasteiger partial charge on any atom is -0.388 e. The largest absolute Gasteiger partial charge is 0.388 e. The van der Waals surface area contributed by atoms with E-state index in [0.29, 0.717) is 24.8 Å². The van der Waals surface area contributed by atoms with Gasteiger partial charge in [-0.2, -0.15) is 4.98 Å². The lowest BCUT2D eigenvalue weighted by Gasteiger charge is -2.26. The van der Waals surface area contributed by atoms with Crippen molar-refractivity contribution in [3.8, 4) is 0 Å². The van der Waals surface area contributed by atoms with Crippen LogP contribution in [0.15, 0.2) is 12.3 Å². The number of nitrogens with zero attached hydrogens (tertiary/aromatic N) is 4. The van der Waals surface area contributed by atoms with Crippen LogP contribution in [-0.4, -0.2) is 43.0 Å². The summed E-state index contributed by atoms with van der Waals surface area (Å²) in [6.07, 6.45) is 2.31. The van der Waals surface area contributed by atoms with E-state index in [9.17, 15) is 0 Å². The van der Waals surface area contributed by atoms with E-state index in [0.717, 1.165) is 12.4 Å². The van der Waals surface area contributed by atoms with Gasteiger partial charge in [-0.05, 0) is 12.0 Å². The van der Waals surface area contributed by atoms with Crippen molar-refractivity contribution in [2.45, 2.75) is 20.3 Å². The Balaban J connectivity index is 2.89. The summed E-state index contributed by atoms with van der Waals surface area (Å²) in [7, 11) is 3.84. The summed E-state index contributed by atoms with van der Waals surface area (Å²) in [5, 5.41) is 7.35.